The molecule has 8 nitrogen and oxygen atoms in total. The van der Waals surface area contributed by atoms with Gasteiger partial charge in [-0.25, -0.2) is 4.98 Å². The maximum absolute atomic E-state index is 12.6. The number of ether oxygens (including phenoxy) is 1. The normalized spacial score (nSPS) is 11.6. The molecule has 0 aliphatic carbocycles. The van der Waals surface area contributed by atoms with Crippen LogP contribution in [0.5, 0.6) is 0 Å². The Morgan fingerprint density at radius 1 is 1.26 bits per heavy atom. The van der Waals surface area contributed by atoms with Crippen LogP contribution < -0.4 is 5.56 Å². The Balaban J connectivity index is 2.04. The average molecular weight is 310 g/mol. The van der Waals surface area contributed by atoms with Crippen LogP contribution in [-0.4, -0.2) is 36.1 Å². The fourth-order valence-corrected chi connectivity index (χ4v) is 2.74. The van der Waals surface area contributed by atoms with E-state index in [4.69, 9.17) is 4.74 Å². The number of imidazole rings is 1. The van der Waals surface area contributed by atoms with Gasteiger partial charge in [0.1, 0.15) is 12.0 Å². The fourth-order valence-electron chi connectivity index (χ4n) is 2.74. The molecule has 0 bridgehead atoms. The Hall–Kier alpha value is -3.00. The third-order valence-electron chi connectivity index (χ3n) is 3.79. The lowest BCUT2D eigenvalue weighted by Gasteiger charge is -2.07. The quantitative estimate of drug-likeness (QED) is 0.562. The van der Waals surface area contributed by atoms with Crippen LogP contribution in [0, 0.1) is 0 Å². The van der Waals surface area contributed by atoms with Crippen molar-refractivity contribution in [3.05, 3.63) is 52.8 Å². The van der Waals surface area contributed by atoms with Crippen molar-refractivity contribution in [1.82, 2.24) is 28.9 Å². The smallest absolute Gasteiger partial charge is 0.261 e. The molecule has 0 spiro atoms. The lowest BCUT2D eigenvalue weighted by atomic mass is 10.2. The lowest BCUT2D eigenvalue weighted by molar-refractivity contribution is 0.181. The van der Waals surface area contributed by atoms with Gasteiger partial charge in [0.05, 0.1) is 23.7 Å². The highest BCUT2D eigenvalue weighted by molar-refractivity contribution is 5.82. The molecule has 3 heterocycles. The molecule has 0 saturated carbocycles. The number of fused-ring (bicyclic) bond motifs is 3. The minimum absolute atomic E-state index is 0.0768. The van der Waals surface area contributed by atoms with Crippen molar-refractivity contribution in [2.24, 2.45) is 7.05 Å². The number of para-hydroxylation sites is 1. The maximum Gasteiger partial charge on any atom is 0.261 e. The summed E-state index contributed by atoms with van der Waals surface area (Å²) >= 11 is 0. The van der Waals surface area contributed by atoms with Gasteiger partial charge in [0.15, 0.2) is 11.5 Å². The Morgan fingerprint density at radius 3 is 2.91 bits per heavy atom. The van der Waals surface area contributed by atoms with E-state index in [1.807, 2.05) is 28.7 Å². The number of hydrogen-bond acceptors (Lipinski definition) is 5. The highest BCUT2D eigenvalue weighted by atomic mass is 16.5. The molecule has 0 saturated heterocycles. The number of nitrogens with zero attached hydrogens (tertiary/aromatic N) is 6. The summed E-state index contributed by atoms with van der Waals surface area (Å²) in [6, 6.07) is 7.45. The van der Waals surface area contributed by atoms with Gasteiger partial charge in [0.2, 0.25) is 0 Å². The first-order chi connectivity index (χ1) is 11.2. The Bertz CT molecular complexity index is 1070. The predicted octanol–water partition coefficient (Wildman–Crippen LogP) is 0.913. The van der Waals surface area contributed by atoms with E-state index >= 15 is 0 Å². The van der Waals surface area contributed by atoms with Gasteiger partial charge in [-0.3, -0.25) is 13.8 Å². The van der Waals surface area contributed by atoms with Gasteiger partial charge >= 0.3 is 0 Å². The van der Waals surface area contributed by atoms with Crippen LogP contribution in [0.2, 0.25) is 0 Å². The van der Waals surface area contributed by atoms with Gasteiger partial charge < -0.3 is 4.74 Å². The summed E-state index contributed by atoms with van der Waals surface area (Å²) in [5.74, 6) is 0.546. The maximum atomic E-state index is 12.6. The average Bonchev–Trinajstić information content (AvgIpc) is 3.19. The second-order valence-corrected chi connectivity index (χ2v) is 5.23. The number of aromatic nitrogens is 6. The Labute approximate surface area is 130 Å². The molecular formula is C15H14N6O2. The number of aryl methyl sites for hydroxylation is 1. The summed E-state index contributed by atoms with van der Waals surface area (Å²) in [7, 11) is 3.32. The van der Waals surface area contributed by atoms with Crippen LogP contribution >= 0.6 is 0 Å². The number of benzene rings is 1. The van der Waals surface area contributed by atoms with Crippen LogP contribution in [0.3, 0.4) is 0 Å². The van der Waals surface area contributed by atoms with Gasteiger partial charge in [-0.1, -0.05) is 17.3 Å². The Morgan fingerprint density at radius 2 is 2.09 bits per heavy atom. The first kappa shape index (κ1) is 13.6. The van der Waals surface area contributed by atoms with Crippen molar-refractivity contribution in [3.63, 3.8) is 0 Å². The third kappa shape index (κ3) is 1.95. The zero-order valence-corrected chi connectivity index (χ0v) is 12.7. The first-order valence-corrected chi connectivity index (χ1v) is 7.06. The minimum atomic E-state index is -0.0768. The van der Waals surface area contributed by atoms with Crippen LogP contribution in [0.15, 0.2) is 41.6 Å². The van der Waals surface area contributed by atoms with Crippen molar-refractivity contribution in [1.29, 1.82) is 0 Å². The summed E-state index contributed by atoms with van der Waals surface area (Å²) in [4.78, 5) is 17.0. The first-order valence-electron chi connectivity index (χ1n) is 7.06. The molecule has 0 N–H and O–H groups in total. The zero-order chi connectivity index (χ0) is 16.0. The van der Waals surface area contributed by atoms with E-state index < -0.39 is 0 Å². The molecular weight excluding hydrogens is 296 g/mol. The van der Waals surface area contributed by atoms with Gasteiger partial charge in [0.25, 0.3) is 5.56 Å². The fraction of sp³-hybridized carbons (Fsp3) is 0.200. The van der Waals surface area contributed by atoms with Crippen LogP contribution in [0.25, 0.3) is 22.4 Å². The highest BCUT2D eigenvalue weighted by Gasteiger charge is 2.16. The molecule has 23 heavy (non-hydrogen) atoms. The van der Waals surface area contributed by atoms with Crippen molar-refractivity contribution in [3.8, 4) is 5.82 Å². The van der Waals surface area contributed by atoms with E-state index in [2.05, 4.69) is 15.3 Å². The summed E-state index contributed by atoms with van der Waals surface area (Å²) in [5, 5.41) is 8.75. The second kappa shape index (κ2) is 5.03. The molecule has 0 amide bonds. The van der Waals surface area contributed by atoms with Crippen molar-refractivity contribution >= 4 is 16.6 Å². The third-order valence-corrected chi connectivity index (χ3v) is 3.79. The molecule has 0 radical (unpaired) electrons. The highest BCUT2D eigenvalue weighted by Crippen LogP contribution is 2.18. The molecule has 0 fully saturated rings. The summed E-state index contributed by atoms with van der Waals surface area (Å²) in [5.41, 5.74) is 2.08. The van der Waals surface area contributed by atoms with Gasteiger partial charge in [-0.15, -0.1) is 5.10 Å². The van der Waals surface area contributed by atoms with Crippen molar-refractivity contribution in [2.75, 3.05) is 7.11 Å². The summed E-state index contributed by atoms with van der Waals surface area (Å²) < 4.78 is 10.1. The molecule has 4 aromatic rings. The van der Waals surface area contributed by atoms with Crippen LogP contribution in [-0.2, 0) is 18.4 Å². The number of hydrogen-bond donors (Lipinski definition) is 0. The van der Waals surface area contributed by atoms with E-state index in [0.29, 0.717) is 29.2 Å². The molecule has 0 unspecified atom stereocenters. The van der Waals surface area contributed by atoms with Crippen molar-refractivity contribution < 1.29 is 4.74 Å². The molecule has 8 heteroatoms. The standard InChI is InChI=1S/C15H14N6O2/c1-19-14-13(21-7-10(8-23-2)17-18-21)16-9-20(14)12-6-4-3-5-11(12)15(19)22/h3-7,9H,8H2,1-2H3. The van der Waals surface area contributed by atoms with E-state index in [-0.39, 0.29) is 5.56 Å². The van der Waals surface area contributed by atoms with Crippen LogP contribution in [0.4, 0.5) is 0 Å². The molecule has 0 aliphatic rings. The SMILES string of the molecule is COCc1cn(-c2ncn3c4ccccc4c(=O)n(C)c23)nn1. The second-order valence-electron chi connectivity index (χ2n) is 5.23. The van der Waals surface area contributed by atoms with E-state index in [1.54, 1.807) is 35.9 Å². The Kier molecular flexibility index (Phi) is 2.98. The lowest BCUT2D eigenvalue weighted by Crippen LogP contribution is -2.20. The number of rotatable bonds is 3. The number of methoxy groups -OCH3 is 1. The van der Waals surface area contributed by atoms with E-state index in [9.17, 15) is 4.79 Å². The molecule has 4 rings (SSSR count). The predicted molar refractivity (Wildman–Crippen MR) is 83.6 cm³/mol. The minimum Gasteiger partial charge on any atom is -0.378 e. The molecule has 0 atom stereocenters. The van der Waals surface area contributed by atoms with Gasteiger partial charge in [-0.05, 0) is 12.1 Å². The van der Waals surface area contributed by atoms with Gasteiger partial charge in [-0.2, -0.15) is 4.68 Å². The molecule has 3 aromatic heterocycles. The topological polar surface area (TPSA) is 79.2 Å². The summed E-state index contributed by atoms with van der Waals surface area (Å²) in [6.45, 7) is 0.369. The van der Waals surface area contributed by atoms with Gasteiger partial charge in [0, 0.05) is 14.2 Å². The van der Waals surface area contributed by atoms with E-state index in [0.717, 1.165) is 5.52 Å². The van der Waals surface area contributed by atoms with Crippen molar-refractivity contribution in [2.45, 2.75) is 6.61 Å². The monoisotopic (exact) mass is 310 g/mol. The summed E-state index contributed by atoms with van der Waals surface area (Å²) in [6.07, 6.45) is 3.43. The molecule has 0 aliphatic heterocycles. The zero-order valence-electron chi connectivity index (χ0n) is 12.7. The van der Waals surface area contributed by atoms with Crippen LogP contribution in [0.1, 0.15) is 5.69 Å². The molecule has 116 valence electrons. The van der Waals surface area contributed by atoms with E-state index in [1.165, 1.54) is 0 Å². The largest absolute Gasteiger partial charge is 0.378 e. The molecule has 1 aromatic carbocycles.